The Morgan fingerprint density at radius 2 is 0.625 bits per heavy atom. The van der Waals surface area contributed by atoms with Crippen molar-refractivity contribution in [2.75, 3.05) is 8.44 Å². The Labute approximate surface area is 163 Å². The van der Waals surface area contributed by atoms with E-state index in [2.05, 4.69) is 99.4 Å². The number of hydrogen-bond acceptors (Lipinski definition) is 3. The fourth-order valence-corrected chi connectivity index (χ4v) is 22.2. The molecular weight excluding hydrogens is 476 g/mol. The van der Waals surface area contributed by atoms with E-state index in [1.54, 1.807) is 0 Å². The Bertz CT molecular complexity index is 657. The maximum absolute atomic E-state index is 2.69. The van der Waals surface area contributed by atoms with Crippen LogP contribution in [0.2, 0.25) is 0 Å². The Hall–Kier alpha value is -1.31. The molecule has 24 heavy (non-hydrogen) atoms. The molecule has 1 aliphatic heterocycles. The molecule has 0 bridgehead atoms. The van der Waals surface area contributed by atoms with E-state index >= 15 is 0 Å². The van der Waals surface area contributed by atoms with Gasteiger partial charge in [0, 0.05) is 0 Å². The Morgan fingerprint density at radius 3 is 0.875 bits per heavy atom. The van der Waals surface area contributed by atoms with Gasteiger partial charge in [0.1, 0.15) is 0 Å². The van der Waals surface area contributed by atoms with Gasteiger partial charge in [0.2, 0.25) is 0 Å². The summed E-state index contributed by atoms with van der Waals surface area (Å²) in [5.41, 5.74) is 4.14. The van der Waals surface area contributed by atoms with E-state index in [1.165, 1.54) is 17.1 Å². The predicted molar refractivity (Wildman–Crippen MR) is 104 cm³/mol. The molecule has 0 aliphatic carbocycles. The summed E-state index contributed by atoms with van der Waals surface area (Å²) < 4.78 is 8.06. The first kappa shape index (κ1) is 16.2. The van der Waals surface area contributed by atoms with Gasteiger partial charge < -0.3 is 0 Å². The molecule has 0 aromatic heterocycles. The second-order valence-corrected chi connectivity index (χ2v) is 18.1. The van der Waals surface area contributed by atoms with Gasteiger partial charge in [-0.3, -0.25) is 0 Å². The van der Waals surface area contributed by atoms with Gasteiger partial charge in [-0.15, -0.1) is 0 Å². The number of benzene rings is 3. The van der Waals surface area contributed by atoms with Crippen LogP contribution >= 0.6 is 0 Å². The van der Waals surface area contributed by atoms with Crippen LogP contribution in [-0.2, 0) is 0 Å². The summed E-state index contributed by atoms with van der Waals surface area (Å²) in [6.45, 7) is 0. The van der Waals surface area contributed by atoms with Gasteiger partial charge in [-0.2, -0.15) is 0 Å². The molecule has 1 fully saturated rings. The van der Waals surface area contributed by atoms with E-state index in [-0.39, 0.29) is 47.6 Å². The first-order chi connectivity index (χ1) is 11.9. The molecule has 0 unspecified atom stereocenters. The van der Waals surface area contributed by atoms with E-state index in [1.807, 2.05) is 0 Å². The van der Waals surface area contributed by atoms with Crippen molar-refractivity contribution in [3.63, 3.8) is 0 Å². The van der Waals surface area contributed by atoms with Crippen LogP contribution in [0.5, 0.6) is 0 Å². The summed E-state index contributed by atoms with van der Waals surface area (Å²) in [4.78, 5) is 0. The van der Waals surface area contributed by atoms with Crippen LogP contribution in [-0.4, -0.2) is 47.6 Å². The summed E-state index contributed by atoms with van der Waals surface area (Å²) in [6.07, 6.45) is 0. The quantitative estimate of drug-likeness (QED) is 0.522. The average molecular weight is 491 g/mol. The minimum atomic E-state index is -0.315. The van der Waals surface area contributed by atoms with E-state index in [9.17, 15) is 0 Å². The molecule has 0 spiro atoms. The van der Waals surface area contributed by atoms with Gasteiger partial charge in [0.25, 0.3) is 0 Å². The summed E-state index contributed by atoms with van der Waals surface area (Å²) >= 11 is -0.945. The van der Waals surface area contributed by atoms with Crippen molar-refractivity contribution >= 4 is 64.7 Å². The van der Waals surface area contributed by atoms with Crippen LogP contribution in [0.4, 0.5) is 17.1 Å². The van der Waals surface area contributed by atoms with Crippen molar-refractivity contribution in [1.29, 1.82) is 0 Å². The first-order valence-corrected chi connectivity index (χ1v) is 13.4. The van der Waals surface area contributed by atoms with Crippen molar-refractivity contribution in [1.82, 2.24) is 0 Å². The molecule has 0 amide bonds. The van der Waals surface area contributed by atoms with Crippen LogP contribution in [0.15, 0.2) is 91.0 Å². The number of anilines is 3. The fraction of sp³-hybridized carbons (Fsp3) is 0. The molecule has 6 heteroatoms. The Balaban J connectivity index is 1.66. The molecule has 1 aliphatic rings. The number of rotatable bonds is 3. The zero-order valence-corrected chi connectivity index (χ0v) is 19.3. The van der Waals surface area contributed by atoms with Crippen molar-refractivity contribution in [2.45, 2.75) is 0 Å². The van der Waals surface area contributed by atoms with E-state index in [0.29, 0.717) is 0 Å². The van der Waals surface area contributed by atoms with Crippen LogP contribution in [0, 0.1) is 0 Å². The number of para-hydroxylation sites is 3. The zero-order chi connectivity index (χ0) is 16.2. The van der Waals surface area contributed by atoms with Crippen molar-refractivity contribution in [3.05, 3.63) is 91.0 Å². The summed E-state index contributed by atoms with van der Waals surface area (Å²) in [5.74, 6) is 0. The molecule has 114 valence electrons. The first-order valence-electron chi connectivity index (χ1n) is 7.74. The van der Waals surface area contributed by atoms with Gasteiger partial charge in [0.15, 0.2) is 0 Å². The Kier molecular flexibility index (Phi) is 5.20. The second kappa shape index (κ2) is 7.71. The molecule has 0 N–H and O–H groups in total. The molecule has 4 rings (SSSR count). The van der Waals surface area contributed by atoms with E-state index in [0.717, 1.165) is 0 Å². The van der Waals surface area contributed by atoms with Crippen LogP contribution in [0.3, 0.4) is 0 Å². The van der Waals surface area contributed by atoms with Gasteiger partial charge in [0.05, 0.1) is 0 Å². The molecule has 0 saturated carbocycles. The van der Waals surface area contributed by atoms with Gasteiger partial charge >= 0.3 is 164 Å². The molecule has 1 saturated heterocycles. The third-order valence-corrected chi connectivity index (χ3v) is 16.0. The number of nitrogens with zero attached hydrogens (tertiary/aromatic N) is 3. The van der Waals surface area contributed by atoms with Crippen molar-refractivity contribution in [2.24, 2.45) is 0 Å². The molecule has 3 nitrogen and oxygen atoms in total. The molecule has 3 aromatic rings. The fourth-order valence-electron chi connectivity index (χ4n) is 2.44. The monoisotopic (exact) mass is 495 g/mol. The molecular formula is C18H15Ge3N3. The van der Waals surface area contributed by atoms with Gasteiger partial charge in [-0.1, -0.05) is 0 Å². The molecule has 1 heterocycles. The average Bonchev–Trinajstić information content (AvgIpc) is 2.70. The second-order valence-electron chi connectivity index (χ2n) is 5.31. The predicted octanol–water partition coefficient (Wildman–Crippen LogP) is 3.12. The van der Waals surface area contributed by atoms with Crippen molar-refractivity contribution in [3.8, 4) is 0 Å². The third kappa shape index (κ3) is 3.68. The molecule has 0 atom stereocenters. The van der Waals surface area contributed by atoms with Gasteiger partial charge in [-0.25, -0.2) is 0 Å². The SMILES string of the molecule is c1ccc([N]2[Ge][N](c3ccccc3)[Ge][N](c3ccccc3)[Ge]2)cc1. The molecule has 6 radical (unpaired) electrons. The van der Waals surface area contributed by atoms with Crippen LogP contribution < -0.4 is 8.44 Å². The maximum atomic E-state index is 2.69. The van der Waals surface area contributed by atoms with E-state index < -0.39 is 0 Å². The standard InChI is InChI=1S/C18H15Ge3N3/c1-4-10-16(11-5-1)22-19-23(17-12-6-2-7-13-17)21-24(20-22)18-14-8-3-9-15-18/h1-15H. The summed E-state index contributed by atoms with van der Waals surface area (Å²) in [7, 11) is 0. The van der Waals surface area contributed by atoms with Crippen LogP contribution in [0.25, 0.3) is 0 Å². The summed E-state index contributed by atoms with van der Waals surface area (Å²) in [5, 5.41) is 0. The molecule has 3 aromatic carbocycles. The van der Waals surface area contributed by atoms with Crippen molar-refractivity contribution < 1.29 is 0 Å². The van der Waals surface area contributed by atoms with E-state index in [4.69, 9.17) is 0 Å². The number of hydrogen-bond donors (Lipinski definition) is 0. The Morgan fingerprint density at radius 1 is 0.375 bits per heavy atom. The zero-order valence-electron chi connectivity index (χ0n) is 13.0. The third-order valence-electron chi connectivity index (χ3n) is 3.64. The minimum absolute atomic E-state index is 0.315. The van der Waals surface area contributed by atoms with Crippen LogP contribution in [0.1, 0.15) is 0 Å². The topological polar surface area (TPSA) is 9.72 Å². The summed E-state index contributed by atoms with van der Waals surface area (Å²) in [6, 6.07) is 32.7. The van der Waals surface area contributed by atoms with Gasteiger partial charge in [-0.05, 0) is 0 Å². The normalized spacial score (nSPS) is 14.8.